The van der Waals surface area contributed by atoms with Gasteiger partial charge in [0.1, 0.15) is 0 Å². The molecule has 0 saturated carbocycles. The van der Waals surface area contributed by atoms with E-state index in [0.717, 1.165) is 32.7 Å². The van der Waals surface area contributed by atoms with Crippen LogP contribution in [-0.2, 0) is 20.9 Å². The topological polar surface area (TPSA) is 53.1 Å². The van der Waals surface area contributed by atoms with Crippen molar-refractivity contribution in [2.45, 2.75) is 38.3 Å². The smallest absolute Gasteiger partial charge is 0.306 e. The molecule has 0 aromatic heterocycles. The Labute approximate surface area is 173 Å². The second-order valence-corrected chi connectivity index (χ2v) is 8.84. The third kappa shape index (κ3) is 4.98. The van der Waals surface area contributed by atoms with Crippen LogP contribution < -0.4 is 0 Å². The molecule has 158 valence electrons. The highest BCUT2D eigenvalue weighted by Gasteiger charge is 2.43. The molecule has 6 nitrogen and oxygen atoms in total. The maximum Gasteiger partial charge on any atom is 0.306 e. The molecule has 3 aliphatic rings. The molecule has 3 heterocycles. The molecule has 3 aliphatic heterocycles. The largest absolute Gasteiger partial charge is 0.469 e. The van der Waals surface area contributed by atoms with Crippen LogP contribution in [0.5, 0.6) is 0 Å². The van der Waals surface area contributed by atoms with E-state index in [0.29, 0.717) is 17.9 Å². The molecule has 1 aromatic rings. The number of ether oxygens (including phenoxy) is 1. The Hall–Kier alpha value is -1.92. The van der Waals surface area contributed by atoms with Crippen molar-refractivity contribution in [2.75, 3.05) is 46.4 Å². The van der Waals surface area contributed by atoms with Crippen LogP contribution in [0.25, 0.3) is 0 Å². The fourth-order valence-corrected chi connectivity index (χ4v) is 5.28. The zero-order valence-corrected chi connectivity index (χ0v) is 17.5. The summed E-state index contributed by atoms with van der Waals surface area (Å²) in [5.41, 5.74) is 1.40. The molecule has 3 saturated heterocycles. The molecule has 1 amide bonds. The predicted octanol–water partition coefficient (Wildman–Crippen LogP) is 1.99. The molecule has 0 N–H and O–H groups in total. The number of benzene rings is 1. The number of rotatable bonds is 6. The third-order valence-corrected chi connectivity index (χ3v) is 6.96. The van der Waals surface area contributed by atoms with Crippen molar-refractivity contribution in [1.82, 2.24) is 14.7 Å². The van der Waals surface area contributed by atoms with E-state index in [2.05, 4.69) is 44.9 Å². The number of nitrogens with zero attached hydrogens (tertiary/aromatic N) is 3. The number of hydrogen-bond acceptors (Lipinski definition) is 5. The van der Waals surface area contributed by atoms with Gasteiger partial charge in [0.25, 0.3) is 0 Å². The lowest BCUT2D eigenvalue weighted by atomic mass is 10.0. The van der Waals surface area contributed by atoms with Crippen LogP contribution in [0.15, 0.2) is 30.3 Å². The maximum atomic E-state index is 12.4. The number of likely N-dealkylation sites (tertiary alicyclic amines) is 3. The summed E-state index contributed by atoms with van der Waals surface area (Å²) in [5.74, 6) is 0.993. The van der Waals surface area contributed by atoms with Crippen LogP contribution >= 0.6 is 0 Å². The summed E-state index contributed by atoms with van der Waals surface area (Å²) in [6, 6.07) is 11.4. The highest BCUT2D eigenvalue weighted by Crippen LogP contribution is 2.34. The van der Waals surface area contributed by atoms with Gasteiger partial charge in [-0.25, -0.2) is 0 Å². The lowest BCUT2D eigenvalue weighted by Crippen LogP contribution is -2.45. The number of methoxy groups -OCH3 is 1. The molecular formula is C23H33N3O3. The van der Waals surface area contributed by atoms with E-state index in [1.165, 1.54) is 38.6 Å². The van der Waals surface area contributed by atoms with Crippen molar-refractivity contribution in [3.8, 4) is 0 Å². The molecule has 1 aromatic carbocycles. The number of carbonyl (C=O) groups excluding carboxylic acids is 2. The van der Waals surface area contributed by atoms with Crippen LogP contribution in [0.2, 0.25) is 0 Å². The van der Waals surface area contributed by atoms with Crippen molar-refractivity contribution < 1.29 is 14.3 Å². The van der Waals surface area contributed by atoms with Gasteiger partial charge in [0, 0.05) is 45.2 Å². The Bertz CT molecular complexity index is 689. The number of esters is 1. The Morgan fingerprint density at radius 1 is 0.966 bits per heavy atom. The van der Waals surface area contributed by atoms with Gasteiger partial charge in [-0.2, -0.15) is 0 Å². The van der Waals surface area contributed by atoms with Crippen molar-refractivity contribution in [3.63, 3.8) is 0 Å². The van der Waals surface area contributed by atoms with E-state index < -0.39 is 0 Å². The van der Waals surface area contributed by atoms with Gasteiger partial charge in [-0.3, -0.25) is 19.4 Å². The number of fused-ring (bicyclic) bond motifs is 1. The maximum absolute atomic E-state index is 12.4. The molecular weight excluding hydrogens is 366 g/mol. The minimum Gasteiger partial charge on any atom is -0.469 e. The molecule has 0 aliphatic carbocycles. The van der Waals surface area contributed by atoms with Gasteiger partial charge in [-0.15, -0.1) is 0 Å². The molecule has 6 heteroatoms. The Morgan fingerprint density at radius 2 is 1.62 bits per heavy atom. The zero-order chi connectivity index (χ0) is 20.2. The van der Waals surface area contributed by atoms with E-state index in [4.69, 9.17) is 0 Å². The quantitative estimate of drug-likeness (QED) is 0.685. The van der Waals surface area contributed by atoms with Gasteiger partial charge in [-0.1, -0.05) is 30.3 Å². The van der Waals surface area contributed by atoms with Gasteiger partial charge in [0.2, 0.25) is 5.91 Å². The Kier molecular flexibility index (Phi) is 6.50. The fourth-order valence-electron chi connectivity index (χ4n) is 5.28. The number of carbonyl (C=O) groups is 2. The molecule has 2 atom stereocenters. The average Bonchev–Trinajstić information content (AvgIpc) is 3.32. The van der Waals surface area contributed by atoms with E-state index in [1.807, 2.05) is 4.90 Å². The van der Waals surface area contributed by atoms with Crippen molar-refractivity contribution in [3.05, 3.63) is 35.9 Å². The lowest BCUT2D eigenvalue weighted by Gasteiger charge is -2.37. The zero-order valence-electron chi connectivity index (χ0n) is 17.5. The second-order valence-electron chi connectivity index (χ2n) is 8.84. The van der Waals surface area contributed by atoms with Crippen LogP contribution in [0.4, 0.5) is 0 Å². The van der Waals surface area contributed by atoms with E-state index in [9.17, 15) is 9.59 Å². The van der Waals surface area contributed by atoms with Crippen LogP contribution in [-0.4, -0.2) is 79.0 Å². The SMILES string of the molecule is COC(=O)CCC(=O)N1CC2CN(C3CCN(Cc4ccccc4)CC3)CC2C1. The fraction of sp³-hybridized carbons (Fsp3) is 0.652. The van der Waals surface area contributed by atoms with E-state index in [1.54, 1.807) is 0 Å². The molecule has 0 bridgehead atoms. The molecule has 0 spiro atoms. The van der Waals surface area contributed by atoms with Gasteiger partial charge >= 0.3 is 5.97 Å². The molecule has 0 radical (unpaired) electrons. The first-order valence-corrected chi connectivity index (χ1v) is 11.0. The molecule has 2 unspecified atom stereocenters. The number of amides is 1. The van der Waals surface area contributed by atoms with Crippen molar-refractivity contribution in [2.24, 2.45) is 11.8 Å². The highest BCUT2D eigenvalue weighted by molar-refractivity contribution is 5.81. The minimum absolute atomic E-state index is 0.102. The van der Waals surface area contributed by atoms with Gasteiger partial charge in [0.05, 0.1) is 13.5 Å². The summed E-state index contributed by atoms with van der Waals surface area (Å²) in [6.45, 7) is 7.35. The van der Waals surface area contributed by atoms with Crippen molar-refractivity contribution in [1.29, 1.82) is 0 Å². The summed E-state index contributed by atoms with van der Waals surface area (Å²) in [6.07, 6.45) is 2.95. The number of hydrogen-bond donors (Lipinski definition) is 0. The number of piperidine rings is 1. The van der Waals surface area contributed by atoms with Crippen LogP contribution in [0.1, 0.15) is 31.2 Å². The molecule has 29 heavy (non-hydrogen) atoms. The Morgan fingerprint density at radius 3 is 2.24 bits per heavy atom. The summed E-state index contributed by atoms with van der Waals surface area (Å²) in [7, 11) is 1.37. The van der Waals surface area contributed by atoms with E-state index in [-0.39, 0.29) is 24.7 Å². The minimum atomic E-state index is -0.303. The predicted molar refractivity (Wildman–Crippen MR) is 111 cm³/mol. The first kappa shape index (κ1) is 20.4. The molecule has 3 fully saturated rings. The monoisotopic (exact) mass is 399 g/mol. The summed E-state index contributed by atoms with van der Waals surface area (Å²) < 4.78 is 4.64. The standard InChI is InChI=1S/C23H33N3O3/c1-29-23(28)8-7-22(27)26-16-19-14-25(15-20(19)17-26)21-9-11-24(12-10-21)13-18-5-3-2-4-6-18/h2-6,19-21H,7-17H2,1H3. The van der Waals surface area contributed by atoms with Gasteiger partial charge in [-0.05, 0) is 43.3 Å². The normalized spacial score (nSPS) is 25.9. The van der Waals surface area contributed by atoms with Gasteiger partial charge < -0.3 is 9.64 Å². The first-order valence-electron chi connectivity index (χ1n) is 11.0. The van der Waals surface area contributed by atoms with E-state index >= 15 is 0 Å². The summed E-state index contributed by atoms with van der Waals surface area (Å²) >= 11 is 0. The summed E-state index contributed by atoms with van der Waals surface area (Å²) in [4.78, 5) is 30.9. The third-order valence-electron chi connectivity index (χ3n) is 6.96. The lowest BCUT2D eigenvalue weighted by molar-refractivity contribution is -0.143. The first-order chi connectivity index (χ1) is 14.1. The van der Waals surface area contributed by atoms with Crippen molar-refractivity contribution >= 4 is 11.9 Å². The second kappa shape index (κ2) is 9.26. The Balaban J connectivity index is 1.19. The van der Waals surface area contributed by atoms with Gasteiger partial charge in [0.15, 0.2) is 0 Å². The summed E-state index contributed by atoms with van der Waals surface area (Å²) in [5, 5.41) is 0. The highest BCUT2D eigenvalue weighted by atomic mass is 16.5. The molecule has 4 rings (SSSR count). The van der Waals surface area contributed by atoms with Crippen LogP contribution in [0.3, 0.4) is 0 Å². The average molecular weight is 400 g/mol. The van der Waals surface area contributed by atoms with Crippen LogP contribution in [0, 0.1) is 11.8 Å².